The molecule has 1 amide bonds. The lowest BCUT2D eigenvalue weighted by molar-refractivity contribution is -0.114. The number of halogens is 1. The minimum atomic E-state index is -0.415. The molecule has 0 radical (unpaired) electrons. The number of anilines is 1. The van der Waals surface area contributed by atoms with Crippen LogP contribution in [0.5, 0.6) is 0 Å². The van der Waals surface area contributed by atoms with Crippen LogP contribution in [-0.4, -0.2) is 43.8 Å². The minimum absolute atomic E-state index is 0.401. The fourth-order valence-corrected chi connectivity index (χ4v) is 2.38. The molecular weight excluding hydrogens is 296 g/mol. The number of nitrogens with zero attached hydrogens (tertiary/aromatic N) is 2. The third-order valence-electron chi connectivity index (χ3n) is 2.92. The molecule has 0 saturated heterocycles. The van der Waals surface area contributed by atoms with Crippen LogP contribution in [0.1, 0.15) is 16.8 Å². The zero-order chi connectivity index (χ0) is 13.3. The lowest BCUT2D eigenvalue weighted by Crippen LogP contribution is -2.32. The summed E-state index contributed by atoms with van der Waals surface area (Å²) in [6.45, 7) is 1.47. The first-order valence-electron chi connectivity index (χ1n) is 5.81. The van der Waals surface area contributed by atoms with Crippen molar-refractivity contribution >= 4 is 33.3 Å². The zero-order valence-electron chi connectivity index (χ0n) is 10.4. The number of Topliss-reactive ketones (excluding diaryl/α,β-unsaturated/α-hetero) is 1. The van der Waals surface area contributed by atoms with Gasteiger partial charge in [-0.05, 0) is 45.3 Å². The van der Waals surface area contributed by atoms with Crippen LogP contribution in [0.25, 0.3) is 0 Å². The van der Waals surface area contributed by atoms with Crippen molar-refractivity contribution in [3.63, 3.8) is 0 Å². The van der Waals surface area contributed by atoms with E-state index in [4.69, 9.17) is 0 Å². The molecule has 1 aromatic rings. The first-order valence-corrected chi connectivity index (χ1v) is 6.60. The first-order chi connectivity index (χ1) is 8.50. The third kappa shape index (κ3) is 2.47. The highest BCUT2D eigenvalue weighted by Gasteiger charge is 2.35. The van der Waals surface area contributed by atoms with Gasteiger partial charge in [0, 0.05) is 11.0 Å². The number of hydrogen-bond acceptors (Lipinski definition) is 3. The fourth-order valence-electron chi connectivity index (χ4n) is 2.03. The average molecular weight is 311 g/mol. The van der Waals surface area contributed by atoms with E-state index in [-0.39, 0.29) is 0 Å². The summed E-state index contributed by atoms with van der Waals surface area (Å²) in [6, 6.07) is 5.31. The van der Waals surface area contributed by atoms with Gasteiger partial charge in [-0.25, -0.2) is 0 Å². The quantitative estimate of drug-likeness (QED) is 0.798. The molecule has 1 aliphatic heterocycles. The van der Waals surface area contributed by atoms with Crippen LogP contribution in [0.15, 0.2) is 22.7 Å². The SMILES string of the molecule is CN(C)CCCN1C(=O)C(=O)c2ccc(Br)cc21. The van der Waals surface area contributed by atoms with Gasteiger partial charge in [0.15, 0.2) is 0 Å². The van der Waals surface area contributed by atoms with Crippen LogP contribution in [-0.2, 0) is 4.79 Å². The highest BCUT2D eigenvalue weighted by atomic mass is 79.9. The van der Waals surface area contributed by atoms with Crippen molar-refractivity contribution < 1.29 is 9.59 Å². The van der Waals surface area contributed by atoms with Crippen molar-refractivity contribution in [2.24, 2.45) is 0 Å². The number of amides is 1. The third-order valence-corrected chi connectivity index (χ3v) is 3.41. The Morgan fingerprint density at radius 1 is 1.28 bits per heavy atom. The molecule has 96 valence electrons. The molecule has 0 saturated carbocycles. The van der Waals surface area contributed by atoms with E-state index in [2.05, 4.69) is 20.8 Å². The van der Waals surface area contributed by atoms with Gasteiger partial charge < -0.3 is 9.80 Å². The molecule has 2 rings (SSSR count). The summed E-state index contributed by atoms with van der Waals surface area (Å²) in [4.78, 5) is 27.3. The maximum absolute atomic E-state index is 11.9. The van der Waals surface area contributed by atoms with E-state index >= 15 is 0 Å². The van der Waals surface area contributed by atoms with Crippen LogP contribution < -0.4 is 4.90 Å². The van der Waals surface area contributed by atoms with Crippen LogP contribution in [0.4, 0.5) is 5.69 Å². The fraction of sp³-hybridized carbons (Fsp3) is 0.385. The summed E-state index contributed by atoms with van der Waals surface area (Å²) in [7, 11) is 3.98. The van der Waals surface area contributed by atoms with E-state index in [1.807, 2.05) is 20.2 Å². The van der Waals surface area contributed by atoms with Gasteiger partial charge in [-0.2, -0.15) is 0 Å². The van der Waals surface area contributed by atoms with Crippen molar-refractivity contribution in [3.05, 3.63) is 28.2 Å². The lowest BCUT2D eigenvalue weighted by atomic mass is 10.1. The molecule has 0 N–H and O–H groups in total. The van der Waals surface area contributed by atoms with E-state index in [0.29, 0.717) is 12.1 Å². The van der Waals surface area contributed by atoms with Crippen molar-refractivity contribution in [1.82, 2.24) is 4.90 Å². The first kappa shape index (κ1) is 13.2. The van der Waals surface area contributed by atoms with Gasteiger partial charge in [-0.15, -0.1) is 0 Å². The molecule has 18 heavy (non-hydrogen) atoms. The molecule has 0 atom stereocenters. The predicted octanol–water partition coefficient (Wildman–Crippen LogP) is 1.93. The molecule has 1 heterocycles. The molecule has 0 fully saturated rings. The van der Waals surface area contributed by atoms with Gasteiger partial charge in [-0.1, -0.05) is 15.9 Å². The summed E-state index contributed by atoms with van der Waals surface area (Å²) in [5.41, 5.74) is 1.23. The standard InChI is InChI=1S/C13H15BrN2O2/c1-15(2)6-3-7-16-11-8-9(14)4-5-10(11)12(17)13(16)18/h4-5,8H,3,6-7H2,1-2H3. The summed E-state index contributed by atoms with van der Waals surface area (Å²) in [6.07, 6.45) is 0.845. The molecule has 1 aliphatic rings. The Morgan fingerprint density at radius 2 is 2.00 bits per heavy atom. The Balaban J connectivity index is 2.19. The van der Waals surface area contributed by atoms with E-state index in [9.17, 15) is 9.59 Å². The van der Waals surface area contributed by atoms with Gasteiger partial charge in [-0.3, -0.25) is 9.59 Å². The highest BCUT2D eigenvalue weighted by Crippen LogP contribution is 2.31. The van der Waals surface area contributed by atoms with Gasteiger partial charge in [0.25, 0.3) is 11.7 Å². The number of benzene rings is 1. The molecule has 0 aliphatic carbocycles. The van der Waals surface area contributed by atoms with Crippen LogP contribution in [0.2, 0.25) is 0 Å². The monoisotopic (exact) mass is 310 g/mol. The predicted molar refractivity (Wildman–Crippen MR) is 74.0 cm³/mol. The molecule has 5 heteroatoms. The Morgan fingerprint density at radius 3 is 2.67 bits per heavy atom. The number of hydrogen-bond donors (Lipinski definition) is 0. The van der Waals surface area contributed by atoms with E-state index in [1.54, 1.807) is 17.0 Å². The number of fused-ring (bicyclic) bond motifs is 1. The largest absolute Gasteiger partial charge is 0.309 e. The van der Waals surface area contributed by atoms with Gasteiger partial charge >= 0.3 is 0 Å². The van der Waals surface area contributed by atoms with E-state index in [1.165, 1.54) is 0 Å². The van der Waals surface area contributed by atoms with Gasteiger partial charge in [0.05, 0.1) is 11.3 Å². The van der Waals surface area contributed by atoms with Crippen molar-refractivity contribution in [1.29, 1.82) is 0 Å². The maximum atomic E-state index is 11.9. The van der Waals surface area contributed by atoms with Gasteiger partial charge in [0.1, 0.15) is 0 Å². The second-order valence-electron chi connectivity index (χ2n) is 4.60. The molecule has 0 unspecified atom stereocenters. The van der Waals surface area contributed by atoms with Crippen LogP contribution in [0, 0.1) is 0 Å². The highest BCUT2D eigenvalue weighted by molar-refractivity contribution is 9.10. The molecule has 0 bridgehead atoms. The molecule has 0 spiro atoms. The average Bonchev–Trinajstić information content (AvgIpc) is 2.53. The maximum Gasteiger partial charge on any atom is 0.299 e. The molecule has 0 aromatic heterocycles. The topological polar surface area (TPSA) is 40.6 Å². The van der Waals surface area contributed by atoms with Crippen LogP contribution in [0.3, 0.4) is 0 Å². The number of carbonyl (C=O) groups excluding carboxylic acids is 2. The lowest BCUT2D eigenvalue weighted by Gasteiger charge is -2.18. The van der Waals surface area contributed by atoms with E-state index in [0.717, 1.165) is 23.1 Å². The molecule has 1 aromatic carbocycles. The molecular formula is C13H15BrN2O2. The normalized spacial score (nSPS) is 14.6. The summed E-state index contributed by atoms with van der Waals surface area (Å²) >= 11 is 3.37. The minimum Gasteiger partial charge on any atom is -0.309 e. The van der Waals surface area contributed by atoms with Crippen molar-refractivity contribution in [2.45, 2.75) is 6.42 Å². The van der Waals surface area contributed by atoms with E-state index < -0.39 is 11.7 Å². The summed E-state index contributed by atoms with van der Waals surface area (Å²) < 4.78 is 0.876. The second-order valence-corrected chi connectivity index (χ2v) is 5.52. The van der Waals surface area contributed by atoms with Crippen molar-refractivity contribution in [3.8, 4) is 0 Å². The van der Waals surface area contributed by atoms with Crippen LogP contribution >= 0.6 is 15.9 Å². The Hall–Kier alpha value is -1.20. The Bertz CT molecular complexity index is 500. The molecule has 4 nitrogen and oxygen atoms in total. The summed E-state index contributed by atoms with van der Waals surface area (Å²) in [5, 5.41) is 0. The Kier molecular flexibility index (Phi) is 3.82. The van der Waals surface area contributed by atoms with Crippen molar-refractivity contribution in [2.75, 3.05) is 32.1 Å². The smallest absolute Gasteiger partial charge is 0.299 e. The second kappa shape index (κ2) is 5.20. The zero-order valence-corrected chi connectivity index (χ0v) is 12.0. The van der Waals surface area contributed by atoms with Gasteiger partial charge in [0.2, 0.25) is 0 Å². The number of rotatable bonds is 4. The summed E-state index contributed by atoms with van der Waals surface area (Å²) in [5.74, 6) is -0.816. The number of carbonyl (C=O) groups is 2. The Labute approximate surface area is 115 Å². The number of ketones is 1.